The van der Waals surface area contributed by atoms with Gasteiger partial charge in [0, 0.05) is 24.5 Å². The van der Waals surface area contributed by atoms with E-state index in [0.717, 1.165) is 37.4 Å². The van der Waals surface area contributed by atoms with Crippen molar-refractivity contribution >= 4 is 17.2 Å². The van der Waals surface area contributed by atoms with E-state index < -0.39 is 0 Å². The first-order valence-corrected chi connectivity index (χ1v) is 8.42. The minimum Gasteiger partial charge on any atom is -0.390 e. The second-order valence-electron chi connectivity index (χ2n) is 5.69. The molecule has 0 aliphatic carbocycles. The molecule has 1 amide bonds. The zero-order valence-corrected chi connectivity index (χ0v) is 13.2. The summed E-state index contributed by atoms with van der Waals surface area (Å²) in [6, 6.07) is 3.99. The fourth-order valence-electron chi connectivity index (χ4n) is 2.88. The smallest absolute Gasteiger partial charge is 0.227 e. The monoisotopic (exact) mass is 320 g/mol. The Morgan fingerprint density at radius 3 is 3.14 bits per heavy atom. The Kier molecular flexibility index (Phi) is 4.84. The summed E-state index contributed by atoms with van der Waals surface area (Å²) in [6.45, 7) is 2.28. The van der Waals surface area contributed by atoms with E-state index in [0.29, 0.717) is 18.0 Å². The van der Waals surface area contributed by atoms with Crippen LogP contribution in [0.4, 0.5) is 0 Å². The SMILES string of the molecule is O=C(Cc1cccs1)N1CCC[C@@H](Cn2cc(CO)nn2)C1. The van der Waals surface area contributed by atoms with Gasteiger partial charge in [-0.3, -0.25) is 9.48 Å². The van der Waals surface area contributed by atoms with Gasteiger partial charge in [-0.25, -0.2) is 0 Å². The molecule has 0 spiro atoms. The van der Waals surface area contributed by atoms with Gasteiger partial charge >= 0.3 is 0 Å². The Balaban J connectivity index is 1.55. The molecule has 1 aliphatic rings. The molecule has 1 fully saturated rings. The molecule has 0 unspecified atom stereocenters. The summed E-state index contributed by atoms with van der Waals surface area (Å²) >= 11 is 1.63. The first-order valence-electron chi connectivity index (χ1n) is 7.54. The normalized spacial score (nSPS) is 18.6. The second-order valence-corrected chi connectivity index (χ2v) is 6.73. The topological polar surface area (TPSA) is 71.2 Å². The number of aliphatic hydroxyl groups excluding tert-OH is 1. The Bertz CT molecular complexity index is 611. The first-order chi connectivity index (χ1) is 10.7. The van der Waals surface area contributed by atoms with Crippen LogP contribution in [-0.4, -0.2) is 44.0 Å². The molecule has 1 aliphatic heterocycles. The number of hydrogen-bond donors (Lipinski definition) is 1. The minimum absolute atomic E-state index is 0.0872. The standard InChI is InChI=1S/C15H20N4O2S/c20-11-13-10-19(17-16-13)9-12-3-1-5-18(8-12)15(21)7-14-4-2-6-22-14/h2,4,6,10,12,20H,1,3,5,7-9,11H2/t12-/m1/s1. The van der Waals surface area contributed by atoms with Crippen LogP contribution in [0.15, 0.2) is 23.7 Å². The van der Waals surface area contributed by atoms with Crippen molar-refractivity contribution in [2.24, 2.45) is 5.92 Å². The maximum atomic E-state index is 12.4. The largest absolute Gasteiger partial charge is 0.390 e. The molecule has 0 aromatic carbocycles. The number of thiophene rings is 1. The zero-order valence-electron chi connectivity index (χ0n) is 12.4. The van der Waals surface area contributed by atoms with E-state index in [1.54, 1.807) is 22.2 Å². The highest BCUT2D eigenvalue weighted by atomic mass is 32.1. The number of aromatic nitrogens is 3. The van der Waals surface area contributed by atoms with Crippen molar-refractivity contribution in [1.82, 2.24) is 19.9 Å². The molecule has 0 bridgehead atoms. The lowest BCUT2D eigenvalue weighted by atomic mass is 9.97. The van der Waals surface area contributed by atoms with Crippen LogP contribution in [0.5, 0.6) is 0 Å². The molecule has 2 aromatic rings. The van der Waals surface area contributed by atoms with Gasteiger partial charge in [-0.15, -0.1) is 16.4 Å². The van der Waals surface area contributed by atoms with Gasteiger partial charge < -0.3 is 10.0 Å². The van der Waals surface area contributed by atoms with Crippen molar-refractivity contribution in [1.29, 1.82) is 0 Å². The molecule has 0 saturated carbocycles. The summed E-state index contributed by atoms with van der Waals surface area (Å²) in [5.41, 5.74) is 0.585. The maximum Gasteiger partial charge on any atom is 0.227 e. The summed E-state index contributed by atoms with van der Waals surface area (Å²) in [5, 5.41) is 18.9. The maximum absolute atomic E-state index is 12.4. The molecule has 118 valence electrons. The summed E-state index contributed by atoms with van der Waals surface area (Å²) in [5.74, 6) is 0.607. The lowest BCUT2D eigenvalue weighted by Gasteiger charge is -2.32. The van der Waals surface area contributed by atoms with Crippen LogP contribution < -0.4 is 0 Å². The fourth-order valence-corrected chi connectivity index (χ4v) is 3.58. The van der Waals surface area contributed by atoms with Crippen molar-refractivity contribution in [3.63, 3.8) is 0 Å². The Hall–Kier alpha value is -1.73. The van der Waals surface area contributed by atoms with Crippen LogP contribution in [0.2, 0.25) is 0 Å². The highest BCUT2D eigenvalue weighted by Gasteiger charge is 2.24. The van der Waals surface area contributed by atoms with Gasteiger partial charge in [0.15, 0.2) is 0 Å². The van der Waals surface area contributed by atoms with Crippen LogP contribution in [0.25, 0.3) is 0 Å². The average Bonchev–Trinajstić information content (AvgIpc) is 3.19. The Labute approximate surface area is 133 Å². The Morgan fingerprint density at radius 2 is 2.41 bits per heavy atom. The number of likely N-dealkylation sites (tertiary alicyclic amines) is 1. The Morgan fingerprint density at radius 1 is 1.50 bits per heavy atom. The number of amides is 1. The average molecular weight is 320 g/mol. The van der Waals surface area contributed by atoms with Crippen LogP contribution in [0.1, 0.15) is 23.4 Å². The van der Waals surface area contributed by atoms with E-state index in [1.165, 1.54) is 0 Å². The number of nitrogens with zero attached hydrogens (tertiary/aromatic N) is 4. The number of carbonyl (C=O) groups is 1. The van der Waals surface area contributed by atoms with Gasteiger partial charge in [-0.05, 0) is 30.2 Å². The summed E-state index contributed by atoms with van der Waals surface area (Å²) < 4.78 is 1.77. The van der Waals surface area contributed by atoms with Gasteiger partial charge in [0.25, 0.3) is 0 Å². The molecule has 3 heterocycles. The van der Waals surface area contributed by atoms with Crippen LogP contribution in [0.3, 0.4) is 0 Å². The molecule has 1 saturated heterocycles. The van der Waals surface area contributed by atoms with Crippen molar-refractivity contribution in [2.45, 2.75) is 32.4 Å². The van der Waals surface area contributed by atoms with E-state index in [1.807, 2.05) is 22.4 Å². The molecule has 2 aromatic heterocycles. The molecular formula is C15H20N4O2S. The summed E-state index contributed by atoms with van der Waals surface area (Å²) in [7, 11) is 0. The van der Waals surface area contributed by atoms with Crippen molar-refractivity contribution < 1.29 is 9.90 Å². The van der Waals surface area contributed by atoms with Crippen molar-refractivity contribution in [3.05, 3.63) is 34.3 Å². The highest BCUT2D eigenvalue weighted by molar-refractivity contribution is 7.10. The van der Waals surface area contributed by atoms with Crippen LogP contribution >= 0.6 is 11.3 Å². The second kappa shape index (κ2) is 7.02. The number of aliphatic hydroxyl groups is 1. The van der Waals surface area contributed by atoms with Crippen molar-refractivity contribution in [2.75, 3.05) is 13.1 Å². The summed E-state index contributed by atoms with van der Waals surface area (Å²) in [4.78, 5) is 15.5. The molecule has 3 rings (SSSR count). The quantitative estimate of drug-likeness (QED) is 0.902. The summed E-state index contributed by atoms with van der Waals surface area (Å²) in [6.07, 6.45) is 4.40. The van der Waals surface area contributed by atoms with Crippen molar-refractivity contribution in [3.8, 4) is 0 Å². The molecule has 6 nitrogen and oxygen atoms in total. The fraction of sp³-hybridized carbons (Fsp3) is 0.533. The molecular weight excluding hydrogens is 300 g/mol. The third-order valence-electron chi connectivity index (χ3n) is 3.97. The van der Waals surface area contributed by atoms with E-state index in [2.05, 4.69) is 10.3 Å². The van der Waals surface area contributed by atoms with Crippen LogP contribution in [0, 0.1) is 5.92 Å². The first kappa shape index (κ1) is 15.2. The van der Waals surface area contributed by atoms with Gasteiger partial charge in [0.2, 0.25) is 5.91 Å². The van der Waals surface area contributed by atoms with E-state index in [9.17, 15) is 4.79 Å². The molecule has 0 radical (unpaired) electrons. The van der Waals surface area contributed by atoms with Gasteiger partial charge in [-0.1, -0.05) is 11.3 Å². The van der Waals surface area contributed by atoms with Gasteiger partial charge in [0.05, 0.1) is 19.2 Å². The van der Waals surface area contributed by atoms with Gasteiger partial charge in [0.1, 0.15) is 5.69 Å². The van der Waals surface area contributed by atoms with E-state index >= 15 is 0 Å². The molecule has 1 N–H and O–H groups in total. The van der Waals surface area contributed by atoms with E-state index in [-0.39, 0.29) is 12.5 Å². The predicted octanol–water partition coefficient (Wildman–Crippen LogP) is 1.31. The van der Waals surface area contributed by atoms with Gasteiger partial charge in [-0.2, -0.15) is 0 Å². The molecule has 1 atom stereocenters. The molecule has 7 heteroatoms. The third-order valence-corrected chi connectivity index (χ3v) is 4.85. The number of carbonyl (C=O) groups excluding carboxylic acids is 1. The highest BCUT2D eigenvalue weighted by Crippen LogP contribution is 2.20. The lowest BCUT2D eigenvalue weighted by molar-refractivity contribution is -0.132. The number of piperidine rings is 1. The zero-order chi connectivity index (χ0) is 15.4. The van der Waals surface area contributed by atoms with Crippen LogP contribution in [-0.2, 0) is 24.4 Å². The lowest BCUT2D eigenvalue weighted by Crippen LogP contribution is -2.41. The number of rotatable bonds is 5. The third kappa shape index (κ3) is 3.72. The molecule has 22 heavy (non-hydrogen) atoms. The predicted molar refractivity (Wildman–Crippen MR) is 83.3 cm³/mol. The van der Waals surface area contributed by atoms with E-state index in [4.69, 9.17) is 5.11 Å². The number of hydrogen-bond acceptors (Lipinski definition) is 5. The minimum atomic E-state index is -0.0872.